The van der Waals surface area contributed by atoms with Crippen LogP contribution >= 0.6 is 11.3 Å². The van der Waals surface area contributed by atoms with Gasteiger partial charge in [-0.1, -0.05) is 25.2 Å². The molecule has 0 saturated carbocycles. The maximum atomic E-state index is 13.2. The summed E-state index contributed by atoms with van der Waals surface area (Å²) in [4.78, 5) is 21.4. The second kappa shape index (κ2) is 10.1. The zero-order valence-electron chi connectivity index (χ0n) is 18.8. The van der Waals surface area contributed by atoms with Gasteiger partial charge in [0.05, 0.1) is 15.1 Å². The number of carbonyl (C=O) groups is 1. The van der Waals surface area contributed by atoms with E-state index >= 15 is 0 Å². The van der Waals surface area contributed by atoms with Crippen LogP contribution in [0.4, 0.5) is 9.52 Å². The van der Waals surface area contributed by atoms with E-state index in [-0.39, 0.29) is 4.90 Å². The van der Waals surface area contributed by atoms with E-state index in [2.05, 4.69) is 9.88 Å². The van der Waals surface area contributed by atoms with E-state index in [0.717, 1.165) is 46.6 Å². The van der Waals surface area contributed by atoms with Crippen molar-refractivity contribution >= 4 is 42.4 Å². The molecule has 9 heteroatoms. The summed E-state index contributed by atoms with van der Waals surface area (Å²) in [5, 5.41) is 0.483. The molecule has 1 amide bonds. The van der Waals surface area contributed by atoms with Gasteiger partial charge in [-0.3, -0.25) is 9.69 Å². The van der Waals surface area contributed by atoms with Crippen LogP contribution in [0.15, 0.2) is 41.3 Å². The van der Waals surface area contributed by atoms with Gasteiger partial charge in [0.1, 0.15) is 11.6 Å². The third-order valence-electron chi connectivity index (χ3n) is 5.55. The lowest BCUT2D eigenvalue weighted by Gasteiger charge is -2.24. The third kappa shape index (κ3) is 5.51. The summed E-state index contributed by atoms with van der Waals surface area (Å²) in [5.41, 5.74) is 3.02. The molecule has 0 unspecified atom stereocenters. The van der Waals surface area contributed by atoms with E-state index in [1.54, 1.807) is 0 Å². The topological polar surface area (TPSA) is 70.6 Å². The fourth-order valence-corrected chi connectivity index (χ4v) is 5.64. The highest BCUT2D eigenvalue weighted by molar-refractivity contribution is 7.92. The maximum absolute atomic E-state index is 13.2. The van der Waals surface area contributed by atoms with Crippen molar-refractivity contribution in [3.63, 3.8) is 0 Å². The number of hydrogen-bond donors (Lipinski definition) is 0. The van der Waals surface area contributed by atoms with Crippen LogP contribution in [-0.4, -0.2) is 56.1 Å². The van der Waals surface area contributed by atoms with Crippen LogP contribution < -0.4 is 4.90 Å². The highest BCUT2D eigenvalue weighted by Crippen LogP contribution is 2.31. The van der Waals surface area contributed by atoms with Crippen LogP contribution in [0.5, 0.6) is 0 Å². The lowest BCUT2D eigenvalue weighted by molar-refractivity contribution is -0.116. The molecule has 1 aromatic heterocycles. The van der Waals surface area contributed by atoms with E-state index in [9.17, 15) is 17.6 Å². The third-order valence-corrected chi connectivity index (χ3v) is 8.20. The molecule has 0 fully saturated rings. The molecule has 0 aliphatic heterocycles. The fourth-order valence-electron chi connectivity index (χ4n) is 3.36. The molecule has 0 atom stereocenters. The van der Waals surface area contributed by atoms with Crippen molar-refractivity contribution in [3.8, 4) is 0 Å². The van der Waals surface area contributed by atoms with Crippen LogP contribution in [0.25, 0.3) is 10.2 Å². The van der Waals surface area contributed by atoms with Gasteiger partial charge in [0, 0.05) is 13.1 Å². The van der Waals surface area contributed by atoms with E-state index < -0.39 is 27.3 Å². The average Bonchev–Trinajstić information content (AvgIpc) is 3.13. The fraction of sp³-hybridized carbons (Fsp3) is 0.391. The minimum atomic E-state index is -3.92. The monoisotopic (exact) mass is 477 g/mol. The Morgan fingerprint density at radius 2 is 1.66 bits per heavy atom. The quantitative estimate of drug-likeness (QED) is 0.432. The van der Waals surface area contributed by atoms with Crippen molar-refractivity contribution in [2.24, 2.45) is 0 Å². The number of nitrogens with zero attached hydrogens (tertiary/aromatic N) is 3. The van der Waals surface area contributed by atoms with Gasteiger partial charge < -0.3 is 4.90 Å². The Bertz CT molecular complexity index is 1160. The Kier molecular flexibility index (Phi) is 7.63. The van der Waals surface area contributed by atoms with Gasteiger partial charge in [0.2, 0.25) is 5.91 Å². The summed E-state index contributed by atoms with van der Waals surface area (Å²) in [5.74, 6) is -1.78. The van der Waals surface area contributed by atoms with Crippen LogP contribution in [0.3, 0.4) is 0 Å². The zero-order valence-corrected chi connectivity index (χ0v) is 20.4. The Labute approximate surface area is 192 Å². The number of aromatic nitrogens is 1. The molecule has 0 saturated heterocycles. The smallest absolute Gasteiger partial charge is 0.244 e. The molecule has 172 valence electrons. The van der Waals surface area contributed by atoms with E-state index in [4.69, 9.17) is 0 Å². The van der Waals surface area contributed by atoms with Crippen LogP contribution in [0, 0.1) is 19.7 Å². The molecule has 0 aliphatic carbocycles. The van der Waals surface area contributed by atoms with E-state index in [1.165, 1.54) is 28.4 Å². The number of thiazole rings is 1. The van der Waals surface area contributed by atoms with Crippen LogP contribution in [-0.2, 0) is 14.6 Å². The number of aryl methyl sites for hydroxylation is 2. The molecule has 0 N–H and O–H groups in total. The minimum Gasteiger partial charge on any atom is -0.302 e. The Hall–Kier alpha value is -2.36. The molecule has 0 bridgehead atoms. The summed E-state index contributed by atoms with van der Waals surface area (Å²) >= 11 is 1.38. The standard InChI is InChI=1S/C23H28FN3O3S2/c1-5-26(6-2)11-12-27(23-25-20-13-16(3)17(4)14-21(20)31-23)22(28)15-32(29,30)19-9-7-18(24)8-10-19/h7-10,13-14H,5-6,11-12,15H2,1-4H3. The number of hydrogen-bond acceptors (Lipinski definition) is 6. The largest absolute Gasteiger partial charge is 0.302 e. The first-order valence-corrected chi connectivity index (χ1v) is 13.0. The van der Waals surface area contributed by atoms with Crippen molar-refractivity contribution < 1.29 is 17.6 Å². The Morgan fingerprint density at radius 1 is 1.03 bits per heavy atom. The van der Waals surface area contributed by atoms with E-state index in [0.29, 0.717) is 18.2 Å². The molecule has 2 aromatic carbocycles. The number of carbonyl (C=O) groups excluding carboxylic acids is 1. The SMILES string of the molecule is CCN(CC)CCN(C(=O)CS(=O)(=O)c1ccc(F)cc1)c1nc2cc(C)c(C)cc2s1. The van der Waals surface area contributed by atoms with Gasteiger partial charge in [-0.15, -0.1) is 0 Å². The summed E-state index contributed by atoms with van der Waals surface area (Å²) in [7, 11) is -3.92. The van der Waals surface area contributed by atoms with Gasteiger partial charge in [-0.2, -0.15) is 0 Å². The highest BCUT2D eigenvalue weighted by atomic mass is 32.2. The summed E-state index contributed by atoms with van der Waals surface area (Å²) < 4.78 is 39.8. The van der Waals surface area contributed by atoms with Crippen molar-refractivity contribution in [1.82, 2.24) is 9.88 Å². The molecule has 6 nitrogen and oxygen atoms in total. The van der Waals surface area contributed by atoms with Crippen LogP contribution in [0.1, 0.15) is 25.0 Å². The number of benzene rings is 2. The van der Waals surface area contributed by atoms with Crippen molar-refractivity contribution in [3.05, 3.63) is 53.3 Å². The predicted octanol–water partition coefficient (Wildman–Crippen LogP) is 4.20. The average molecular weight is 478 g/mol. The molecule has 1 heterocycles. The molecule has 0 aliphatic rings. The molecule has 0 spiro atoms. The lowest BCUT2D eigenvalue weighted by Crippen LogP contribution is -2.41. The number of sulfone groups is 1. The number of halogens is 1. The second-order valence-electron chi connectivity index (χ2n) is 7.69. The molecular formula is C23H28FN3O3S2. The van der Waals surface area contributed by atoms with Crippen molar-refractivity contribution in [2.45, 2.75) is 32.6 Å². The lowest BCUT2D eigenvalue weighted by atomic mass is 10.1. The first-order valence-electron chi connectivity index (χ1n) is 10.5. The number of amides is 1. The highest BCUT2D eigenvalue weighted by Gasteiger charge is 2.27. The number of anilines is 1. The second-order valence-corrected chi connectivity index (χ2v) is 10.7. The zero-order chi connectivity index (χ0) is 23.5. The van der Waals surface area contributed by atoms with Crippen LogP contribution in [0.2, 0.25) is 0 Å². The van der Waals surface area contributed by atoms with E-state index in [1.807, 2.05) is 39.8 Å². The maximum Gasteiger partial charge on any atom is 0.244 e. The van der Waals surface area contributed by atoms with Gasteiger partial charge >= 0.3 is 0 Å². The molecular weight excluding hydrogens is 449 g/mol. The summed E-state index contributed by atoms with van der Waals surface area (Å²) in [6, 6.07) is 8.53. The van der Waals surface area contributed by atoms with Gasteiger partial charge in [0.25, 0.3) is 0 Å². The Morgan fingerprint density at radius 3 is 2.28 bits per heavy atom. The first-order chi connectivity index (χ1) is 15.1. The van der Waals surface area contributed by atoms with Gasteiger partial charge in [-0.25, -0.2) is 17.8 Å². The summed E-state index contributed by atoms with van der Waals surface area (Å²) in [6.07, 6.45) is 0. The molecule has 32 heavy (non-hydrogen) atoms. The summed E-state index contributed by atoms with van der Waals surface area (Å²) in [6.45, 7) is 10.7. The van der Waals surface area contributed by atoms with Crippen molar-refractivity contribution in [2.75, 3.05) is 36.8 Å². The number of likely N-dealkylation sites (N-methyl/N-ethyl adjacent to an activating group) is 1. The normalized spacial score (nSPS) is 11.9. The van der Waals surface area contributed by atoms with Gasteiger partial charge in [-0.05, 0) is 74.5 Å². The number of fused-ring (bicyclic) bond motifs is 1. The van der Waals surface area contributed by atoms with Gasteiger partial charge in [0.15, 0.2) is 15.0 Å². The number of rotatable bonds is 9. The van der Waals surface area contributed by atoms with Crippen molar-refractivity contribution in [1.29, 1.82) is 0 Å². The molecule has 0 radical (unpaired) electrons. The minimum absolute atomic E-state index is 0.0773. The first kappa shape index (κ1) is 24.3. The predicted molar refractivity (Wildman–Crippen MR) is 128 cm³/mol. The molecule has 3 aromatic rings. The molecule has 3 rings (SSSR count). The Balaban J connectivity index is 1.93.